The molecule has 0 bridgehead atoms. The Kier molecular flexibility index (Phi) is 3.81. The van der Waals surface area contributed by atoms with E-state index in [2.05, 4.69) is 10.1 Å². The molecule has 0 aliphatic carbocycles. The zero-order valence-electron chi connectivity index (χ0n) is 13.5. The summed E-state index contributed by atoms with van der Waals surface area (Å²) in [5, 5.41) is 5.99. The van der Waals surface area contributed by atoms with E-state index >= 15 is 0 Å². The number of rotatable bonds is 3. The monoisotopic (exact) mass is 342 g/mol. The molecule has 0 saturated carbocycles. The maximum Gasteiger partial charge on any atom is 0.227 e. The van der Waals surface area contributed by atoms with E-state index in [0.29, 0.717) is 11.4 Å². The Bertz CT molecular complexity index is 897. The van der Waals surface area contributed by atoms with Crippen LogP contribution >= 0.6 is 11.6 Å². The fraction of sp³-hybridized carbons (Fsp3) is 0.333. The Morgan fingerprint density at radius 2 is 2.33 bits per heavy atom. The highest BCUT2D eigenvalue weighted by atomic mass is 35.5. The fourth-order valence-corrected chi connectivity index (χ4v) is 3.77. The lowest BCUT2D eigenvalue weighted by atomic mass is 10.1. The van der Waals surface area contributed by atoms with Gasteiger partial charge in [-0.25, -0.2) is 0 Å². The number of aryl methyl sites for hydroxylation is 1. The molecular weight excluding hydrogens is 324 g/mol. The minimum Gasteiger partial charge on any atom is -0.361 e. The van der Waals surface area contributed by atoms with Crippen molar-refractivity contribution >= 4 is 28.4 Å². The number of amides is 1. The van der Waals surface area contributed by atoms with E-state index < -0.39 is 0 Å². The van der Waals surface area contributed by atoms with Gasteiger partial charge in [-0.1, -0.05) is 17.7 Å². The number of likely N-dealkylation sites (tertiary alicyclic amines) is 1. The van der Waals surface area contributed by atoms with Gasteiger partial charge < -0.3 is 9.88 Å². The molecular formula is C18H19ClN4O. The number of fused-ring (bicyclic) bond motifs is 1. The number of aromatic amines is 1. The number of hydrogen-bond donors (Lipinski definition) is 1. The van der Waals surface area contributed by atoms with Crippen molar-refractivity contribution in [2.75, 3.05) is 6.54 Å². The van der Waals surface area contributed by atoms with Gasteiger partial charge in [-0.3, -0.25) is 9.48 Å². The van der Waals surface area contributed by atoms with Crippen LogP contribution in [0.25, 0.3) is 10.9 Å². The summed E-state index contributed by atoms with van der Waals surface area (Å²) in [4.78, 5) is 18.1. The third-order valence-corrected chi connectivity index (χ3v) is 4.99. The number of halogens is 1. The zero-order chi connectivity index (χ0) is 16.7. The molecule has 6 heteroatoms. The van der Waals surface area contributed by atoms with Gasteiger partial charge in [-0.05, 0) is 30.5 Å². The maximum absolute atomic E-state index is 12.9. The van der Waals surface area contributed by atoms with E-state index in [9.17, 15) is 4.79 Å². The molecule has 3 heterocycles. The predicted octanol–water partition coefficient (Wildman–Crippen LogP) is 3.46. The van der Waals surface area contributed by atoms with E-state index in [-0.39, 0.29) is 11.9 Å². The zero-order valence-corrected chi connectivity index (χ0v) is 14.3. The number of benzene rings is 1. The van der Waals surface area contributed by atoms with Crippen molar-refractivity contribution < 1.29 is 4.79 Å². The van der Waals surface area contributed by atoms with Crippen molar-refractivity contribution in [3.63, 3.8) is 0 Å². The second-order valence-electron chi connectivity index (χ2n) is 6.37. The van der Waals surface area contributed by atoms with Crippen LogP contribution in [0.5, 0.6) is 0 Å². The third kappa shape index (κ3) is 2.69. The largest absolute Gasteiger partial charge is 0.361 e. The molecule has 24 heavy (non-hydrogen) atoms. The summed E-state index contributed by atoms with van der Waals surface area (Å²) in [6, 6.07) is 5.87. The average Bonchev–Trinajstić information content (AvgIpc) is 3.26. The first-order valence-electron chi connectivity index (χ1n) is 8.15. The molecule has 1 aliphatic rings. The van der Waals surface area contributed by atoms with E-state index in [4.69, 9.17) is 11.6 Å². The van der Waals surface area contributed by atoms with Gasteiger partial charge in [0, 0.05) is 47.5 Å². The maximum atomic E-state index is 12.9. The van der Waals surface area contributed by atoms with Crippen LogP contribution in [0.1, 0.15) is 30.0 Å². The highest BCUT2D eigenvalue weighted by molar-refractivity contribution is 6.31. The van der Waals surface area contributed by atoms with Gasteiger partial charge >= 0.3 is 0 Å². The van der Waals surface area contributed by atoms with Crippen LogP contribution in [-0.4, -0.2) is 32.1 Å². The Balaban J connectivity index is 1.56. The first kappa shape index (κ1) is 15.3. The molecule has 1 atom stereocenters. The summed E-state index contributed by atoms with van der Waals surface area (Å²) in [5.74, 6) is 0.164. The summed E-state index contributed by atoms with van der Waals surface area (Å²) < 4.78 is 1.79. The smallest absolute Gasteiger partial charge is 0.227 e. The fourth-order valence-electron chi connectivity index (χ4n) is 3.59. The van der Waals surface area contributed by atoms with Crippen LogP contribution in [0.2, 0.25) is 5.02 Å². The van der Waals surface area contributed by atoms with Gasteiger partial charge in [0.05, 0.1) is 18.7 Å². The summed E-state index contributed by atoms with van der Waals surface area (Å²) in [7, 11) is 1.90. The van der Waals surface area contributed by atoms with Crippen molar-refractivity contribution in [2.45, 2.75) is 25.3 Å². The molecule has 3 aromatic rings. The predicted molar refractivity (Wildman–Crippen MR) is 93.9 cm³/mol. The van der Waals surface area contributed by atoms with E-state index in [0.717, 1.165) is 41.4 Å². The molecule has 5 nitrogen and oxygen atoms in total. The molecule has 0 unspecified atom stereocenters. The van der Waals surface area contributed by atoms with E-state index in [1.165, 1.54) is 0 Å². The van der Waals surface area contributed by atoms with Gasteiger partial charge in [-0.2, -0.15) is 5.10 Å². The molecule has 1 saturated heterocycles. The van der Waals surface area contributed by atoms with Crippen molar-refractivity contribution in [1.82, 2.24) is 19.7 Å². The summed E-state index contributed by atoms with van der Waals surface area (Å²) in [5.41, 5.74) is 3.10. The summed E-state index contributed by atoms with van der Waals surface area (Å²) >= 11 is 6.02. The van der Waals surface area contributed by atoms with Gasteiger partial charge in [-0.15, -0.1) is 0 Å². The molecule has 1 amide bonds. The van der Waals surface area contributed by atoms with E-state index in [1.54, 1.807) is 4.68 Å². The van der Waals surface area contributed by atoms with Gasteiger partial charge in [0.2, 0.25) is 5.91 Å². The van der Waals surface area contributed by atoms with Crippen LogP contribution in [0.4, 0.5) is 0 Å². The average molecular weight is 343 g/mol. The lowest BCUT2D eigenvalue weighted by Gasteiger charge is -2.24. The van der Waals surface area contributed by atoms with Gasteiger partial charge in [0.15, 0.2) is 0 Å². The number of nitrogens with one attached hydrogen (secondary N) is 1. The molecule has 1 fully saturated rings. The van der Waals surface area contributed by atoms with Crippen molar-refractivity contribution in [3.8, 4) is 0 Å². The van der Waals surface area contributed by atoms with E-state index in [1.807, 2.05) is 48.7 Å². The molecule has 124 valence electrons. The Hall–Kier alpha value is -2.27. The molecule has 0 spiro atoms. The van der Waals surface area contributed by atoms with Crippen LogP contribution in [0.15, 0.2) is 36.8 Å². The molecule has 1 aliphatic heterocycles. The number of carbonyl (C=O) groups excluding carboxylic acids is 1. The molecule has 1 aromatic carbocycles. The molecule has 1 N–H and O–H groups in total. The Morgan fingerprint density at radius 1 is 1.46 bits per heavy atom. The summed E-state index contributed by atoms with van der Waals surface area (Å²) in [6.07, 6.45) is 8.22. The first-order valence-corrected chi connectivity index (χ1v) is 8.53. The minimum absolute atomic E-state index is 0.144. The topological polar surface area (TPSA) is 53.9 Å². The number of H-pyrrole nitrogens is 1. The van der Waals surface area contributed by atoms with Gasteiger partial charge in [0.25, 0.3) is 0 Å². The lowest BCUT2D eigenvalue weighted by Crippen LogP contribution is -2.31. The SMILES string of the molecule is Cn1cc([C@H]2CCCN2C(=O)Cc2c[nH]c3cc(Cl)ccc23)cn1. The molecule has 2 aromatic heterocycles. The number of nitrogens with zero attached hydrogens (tertiary/aromatic N) is 3. The number of carbonyl (C=O) groups is 1. The molecule has 0 radical (unpaired) electrons. The Morgan fingerprint density at radius 3 is 3.12 bits per heavy atom. The Labute approximate surface area is 145 Å². The van der Waals surface area contributed by atoms with Crippen molar-refractivity contribution in [1.29, 1.82) is 0 Å². The second kappa shape index (κ2) is 5.98. The molecule has 4 rings (SSSR count). The second-order valence-corrected chi connectivity index (χ2v) is 6.81. The van der Waals surface area contributed by atoms with Crippen LogP contribution in [0, 0.1) is 0 Å². The number of aromatic nitrogens is 3. The normalized spacial score (nSPS) is 17.8. The van der Waals surface area contributed by atoms with Crippen LogP contribution in [-0.2, 0) is 18.3 Å². The third-order valence-electron chi connectivity index (χ3n) is 4.75. The standard InChI is InChI=1S/C18H19ClN4O/c1-22-11-13(10-21-22)17-3-2-6-23(17)18(24)7-12-9-20-16-8-14(19)4-5-15(12)16/h4-5,8-11,17,20H,2-3,6-7H2,1H3/t17-/m1/s1. The highest BCUT2D eigenvalue weighted by Crippen LogP contribution is 2.32. The highest BCUT2D eigenvalue weighted by Gasteiger charge is 2.30. The lowest BCUT2D eigenvalue weighted by molar-refractivity contribution is -0.131. The quantitative estimate of drug-likeness (QED) is 0.792. The van der Waals surface area contributed by atoms with Crippen molar-refractivity contribution in [2.24, 2.45) is 7.05 Å². The van der Waals surface area contributed by atoms with Crippen LogP contribution < -0.4 is 0 Å². The van der Waals surface area contributed by atoms with Crippen LogP contribution in [0.3, 0.4) is 0 Å². The minimum atomic E-state index is 0.144. The number of hydrogen-bond acceptors (Lipinski definition) is 2. The van der Waals surface area contributed by atoms with Crippen molar-refractivity contribution in [3.05, 3.63) is 52.9 Å². The van der Waals surface area contributed by atoms with Gasteiger partial charge in [0.1, 0.15) is 0 Å². The first-order chi connectivity index (χ1) is 11.6. The summed E-state index contributed by atoms with van der Waals surface area (Å²) in [6.45, 7) is 0.812.